The van der Waals surface area contributed by atoms with Crippen LogP contribution in [0.3, 0.4) is 0 Å². The number of benzene rings is 1. The summed E-state index contributed by atoms with van der Waals surface area (Å²) >= 11 is 7.07. The van der Waals surface area contributed by atoms with Crippen molar-refractivity contribution in [2.45, 2.75) is 18.9 Å². The van der Waals surface area contributed by atoms with Crippen LogP contribution >= 0.6 is 31.9 Å². The number of nitrogens with zero attached hydrogens (tertiary/aromatic N) is 1. The Morgan fingerprint density at radius 1 is 1.16 bits per heavy atom. The quantitative estimate of drug-likeness (QED) is 0.844. The summed E-state index contributed by atoms with van der Waals surface area (Å²) in [4.78, 5) is 4.21. The van der Waals surface area contributed by atoms with Gasteiger partial charge in [-0.05, 0) is 59.1 Å². The average Bonchev–Trinajstić information content (AvgIpc) is 2.40. The number of hydrogen-bond donors (Lipinski definition) is 1. The summed E-state index contributed by atoms with van der Waals surface area (Å²) in [5, 5.41) is 3.38. The predicted octanol–water partition coefficient (Wildman–Crippen LogP) is 3.98. The van der Waals surface area contributed by atoms with E-state index in [2.05, 4.69) is 66.4 Å². The van der Waals surface area contributed by atoms with Crippen LogP contribution in [0, 0.1) is 0 Å². The normalized spacial score (nSPS) is 12.4. The molecule has 1 heterocycles. The number of halogens is 2. The van der Waals surface area contributed by atoms with E-state index in [1.54, 1.807) is 0 Å². The molecule has 4 heteroatoms. The van der Waals surface area contributed by atoms with Gasteiger partial charge in [-0.3, -0.25) is 4.98 Å². The molecule has 1 atom stereocenters. The van der Waals surface area contributed by atoms with Crippen LogP contribution in [0.2, 0.25) is 0 Å². The molecule has 0 aliphatic heterocycles. The highest BCUT2D eigenvalue weighted by Gasteiger charge is 2.10. The highest BCUT2D eigenvalue weighted by Crippen LogP contribution is 2.19. The van der Waals surface area contributed by atoms with Gasteiger partial charge < -0.3 is 5.32 Å². The smallest absolute Gasteiger partial charge is 0.0410 e. The third-order valence-electron chi connectivity index (χ3n) is 3.08. The standard InChI is InChI=1S/C15H16Br2N2/c1-18-14(7-11-6-13(16)10-19-9-11)8-12-4-2-3-5-15(12)17/h2-6,9-10,14,18H,7-8H2,1H3. The summed E-state index contributed by atoms with van der Waals surface area (Å²) in [5.41, 5.74) is 2.56. The van der Waals surface area contributed by atoms with Gasteiger partial charge in [0.15, 0.2) is 0 Å². The second-order valence-corrected chi connectivity index (χ2v) is 6.27. The highest BCUT2D eigenvalue weighted by molar-refractivity contribution is 9.10. The first kappa shape index (κ1) is 14.7. The van der Waals surface area contributed by atoms with Crippen LogP contribution in [0.5, 0.6) is 0 Å². The Hall–Kier alpha value is -0.710. The maximum atomic E-state index is 4.21. The second kappa shape index (κ2) is 7.17. The molecule has 1 N–H and O–H groups in total. The molecular weight excluding hydrogens is 368 g/mol. The fourth-order valence-electron chi connectivity index (χ4n) is 2.06. The molecule has 0 spiro atoms. The molecule has 0 saturated heterocycles. The third-order valence-corrected chi connectivity index (χ3v) is 4.28. The van der Waals surface area contributed by atoms with Gasteiger partial charge in [0.1, 0.15) is 0 Å². The molecule has 19 heavy (non-hydrogen) atoms. The van der Waals surface area contributed by atoms with Crippen LogP contribution in [-0.2, 0) is 12.8 Å². The van der Waals surface area contributed by atoms with Gasteiger partial charge in [-0.2, -0.15) is 0 Å². The molecule has 0 fully saturated rings. The van der Waals surface area contributed by atoms with Crippen molar-refractivity contribution in [3.05, 3.63) is 62.8 Å². The molecule has 1 aromatic heterocycles. The van der Waals surface area contributed by atoms with Gasteiger partial charge in [0, 0.05) is 27.4 Å². The Labute approximate surface area is 130 Å². The van der Waals surface area contributed by atoms with E-state index in [1.165, 1.54) is 15.6 Å². The SMILES string of the molecule is CNC(Cc1cncc(Br)c1)Cc1ccccc1Br. The third kappa shape index (κ3) is 4.41. The van der Waals surface area contributed by atoms with E-state index >= 15 is 0 Å². The van der Waals surface area contributed by atoms with Gasteiger partial charge in [0.25, 0.3) is 0 Å². The van der Waals surface area contributed by atoms with Crippen molar-refractivity contribution in [2.75, 3.05) is 7.05 Å². The van der Waals surface area contributed by atoms with Crippen LogP contribution in [-0.4, -0.2) is 18.1 Å². The van der Waals surface area contributed by atoms with Crippen molar-refractivity contribution in [1.29, 1.82) is 0 Å². The molecule has 0 aliphatic rings. The zero-order chi connectivity index (χ0) is 13.7. The molecule has 0 aliphatic carbocycles. The lowest BCUT2D eigenvalue weighted by molar-refractivity contribution is 0.555. The Kier molecular flexibility index (Phi) is 5.55. The Balaban J connectivity index is 2.07. The Morgan fingerprint density at radius 3 is 2.63 bits per heavy atom. The van der Waals surface area contributed by atoms with Gasteiger partial charge in [-0.1, -0.05) is 34.1 Å². The number of aromatic nitrogens is 1. The van der Waals surface area contributed by atoms with E-state index in [1.807, 2.05) is 25.5 Å². The lowest BCUT2D eigenvalue weighted by Gasteiger charge is -2.17. The summed E-state index contributed by atoms with van der Waals surface area (Å²) in [5.74, 6) is 0. The fraction of sp³-hybridized carbons (Fsp3) is 0.267. The highest BCUT2D eigenvalue weighted by atomic mass is 79.9. The number of likely N-dealkylation sites (N-methyl/N-ethyl adjacent to an activating group) is 1. The lowest BCUT2D eigenvalue weighted by atomic mass is 10.00. The van der Waals surface area contributed by atoms with Crippen molar-refractivity contribution in [3.8, 4) is 0 Å². The molecule has 2 nitrogen and oxygen atoms in total. The Morgan fingerprint density at radius 2 is 1.95 bits per heavy atom. The number of rotatable bonds is 5. The first-order valence-corrected chi connectivity index (χ1v) is 7.77. The number of hydrogen-bond acceptors (Lipinski definition) is 2. The summed E-state index contributed by atoms with van der Waals surface area (Å²) < 4.78 is 2.20. The fourth-order valence-corrected chi connectivity index (χ4v) is 2.92. The van der Waals surface area contributed by atoms with Crippen LogP contribution in [0.4, 0.5) is 0 Å². The van der Waals surface area contributed by atoms with E-state index < -0.39 is 0 Å². The van der Waals surface area contributed by atoms with Crippen LogP contribution in [0.1, 0.15) is 11.1 Å². The molecule has 0 radical (unpaired) electrons. The van der Waals surface area contributed by atoms with Gasteiger partial charge in [0.05, 0.1) is 0 Å². The molecule has 2 rings (SSSR count). The minimum Gasteiger partial charge on any atom is -0.316 e. The minimum absolute atomic E-state index is 0.398. The summed E-state index contributed by atoms with van der Waals surface area (Å²) in [6.07, 6.45) is 5.69. The molecule has 1 unspecified atom stereocenters. The lowest BCUT2D eigenvalue weighted by Crippen LogP contribution is -2.30. The van der Waals surface area contributed by atoms with Crippen molar-refractivity contribution in [1.82, 2.24) is 10.3 Å². The topological polar surface area (TPSA) is 24.9 Å². The predicted molar refractivity (Wildman–Crippen MR) is 86.3 cm³/mol. The van der Waals surface area contributed by atoms with Crippen LogP contribution < -0.4 is 5.32 Å². The zero-order valence-electron chi connectivity index (χ0n) is 10.7. The summed E-state index contributed by atoms with van der Waals surface area (Å²) in [6.45, 7) is 0. The van der Waals surface area contributed by atoms with Crippen LogP contribution in [0.25, 0.3) is 0 Å². The maximum Gasteiger partial charge on any atom is 0.0410 e. The first-order chi connectivity index (χ1) is 9.19. The molecule has 0 amide bonds. The maximum absolute atomic E-state index is 4.21. The number of pyridine rings is 1. The van der Waals surface area contributed by atoms with Gasteiger partial charge in [0.2, 0.25) is 0 Å². The van der Waals surface area contributed by atoms with Crippen LogP contribution in [0.15, 0.2) is 51.7 Å². The van der Waals surface area contributed by atoms with E-state index in [4.69, 9.17) is 0 Å². The molecule has 2 aromatic rings. The summed E-state index contributed by atoms with van der Waals surface area (Å²) in [7, 11) is 2.01. The van der Waals surface area contributed by atoms with Gasteiger partial charge in [-0.25, -0.2) is 0 Å². The monoisotopic (exact) mass is 382 g/mol. The van der Waals surface area contributed by atoms with Crippen molar-refractivity contribution >= 4 is 31.9 Å². The molecule has 0 bridgehead atoms. The molecule has 100 valence electrons. The van der Waals surface area contributed by atoms with Crippen molar-refractivity contribution in [3.63, 3.8) is 0 Å². The minimum atomic E-state index is 0.398. The molecule has 1 aromatic carbocycles. The molecular formula is C15H16Br2N2. The second-order valence-electron chi connectivity index (χ2n) is 4.50. The van der Waals surface area contributed by atoms with E-state index in [-0.39, 0.29) is 0 Å². The Bertz CT molecular complexity index is 543. The average molecular weight is 384 g/mol. The van der Waals surface area contributed by atoms with E-state index in [0.29, 0.717) is 6.04 Å². The first-order valence-electron chi connectivity index (χ1n) is 6.19. The zero-order valence-corrected chi connectivity index (χ0v) is 13.9. The van der Waals surface area contributed by atoms with Crippen molar-refractivity contribution < 1.29 is 0 Å². The van der Waals surface area contributed by atoms with Crippen molar-refractivity contribution in [2.24, 2.45) is 0 Å². The largest absolute Gasteiger partial charge is 0.316 e. The van der Waals surface area contributed by atoms with E-state index in [0.717, 1.165) is 17.3 Å². The van der Waals surface area contributed by atoms with E-state index in [9.17, 15) is 0 Å². The van der Waals surface area contributed by atoms with Gasteiger partial charge >= 0.3 is 0 Å². The summed E-state index contributed by atoms with van der Waals surface area (Å²) in [6, 6.07) is 10.9. The number of nitrogens with one attached hydrogen (secondary N) is 1. The molecule has 0 saturated carbocycles. The van der Waals surface area contributed by atoms with Gasteiger partial charge in [-0.15, -0.1) is 0 Å².